The molecule has 2 N–H and O–H groups in total. The molecular weight excluding hydrogens is 271 g/mol. The van der Waals surface area contributed by atoms with E-state index in [4.69, 9.17) is 28.9 Å². The third-order valence-corrected chi connectivity index (χ3v) is 3.38. The van der Waals surface area contributed by atoms with E-state index in [1.165, 1.54) is 0 Å². The Labute approximate surface area is 116 Å². The zero-order valence-corrected chi connectivity index (χ0v) is 11.9. The molecule has 0 spiro atoms. The van der Waals surface area contributed by atoms with Gasteiger partial charge in [0.05, 0.1) is 21.4 Å². The Morgan fingerprint density at radius 3 is 2.50 bits per heavy atom. The van der Waals surface area contributed by atoms with Crippen molar-refractivity contribution >= 4 is 29.0 Å². The number of benzene rings is 1. The molecule has 6 heteroatoms. The van der Waals surface area contributed by atoms with Gasteiger partial charge in [0.2, 0.25) is 0 Å². The number of nitrogens with zero attached hydrogens (tertiary/aromatic N) is 3. The van der Waals surface area contributed by atoms with Crippen LogP contribution in [0.2, 0.25) is 10.0 Å². The Hall–Kier alpha value is -1.26. The minimum absolute atomic E-state index is 0.195. The highest BCUT2D eigenvalue weighted by atomic mass is 35.5. The Bertz CT molecular complexity index is 584. The number of aromatic nitrogens is 3. The van der Waals surface area contributed by atoms with Crippen LogP contribution in [0, 0.1) is 0 Å². The summed E-state index contributed by atoms with van der Waals surface area (Å²) in [6, 6.07) is 5.37. The van der Waals surface area contributed by atoms with Gasteiger partial charge < -0.3 is 5.73 Å². The van der Waals surface area contributed by atoms with Crippen molar-refractivity contribution in [3.05, 3.63) is 33.9 Å². The van der Waals surface area contributed by atoms with E-state index in [1.54, 1.807) is 10.7 Å². The van der Waals surface area contributed by atoms with Gasteiger partial charge in [-0.3, -0.25) is 0 Å². The summed E-state index contributed by atoms with van der Waals surface area (Å²) in [6.45, 7) is 6.12. The Morgan fingerprint density at radius 1 is 1.22 bits per heavy atom. The second-order valence-corrected chi connectivity index (χ2v) is 5.84. The minimum atomic E-state index is -0.195. The van der Waals surface area contributed by atoms with E-state index in [2.05, 4.69) is 10.3 Å². The summed E-state index contributed by atoms with van der Waals surface area (Å²) in [5, 5.41) is 8.89. The lowest BCUT2D eigenvalue weighted by atomic mass is 9.91. The van der Waals surface area contributed by atoms with Crippen molar-refractivity contribution in [3.8, 4) is 5.69 Å². The zero-order chi connectivity index (χ0) is 13.5. The van der Waals surface area contributed by atoms with Crippen molar-refractivity contribution in [2.24, 2.45) is 0 Å². The lowest BCUT2D eigenvalue weighted by Crippen LogP contribution is -2.19. The van der Waals surface area contributed by atoms with Gasteiger partial charge in [-0.2, -0.15) is 0 Å². The quantitative estimate of drug-likeness (QED) is 0.873. The average Bonchev–Trinajstić information content (AvgIpc) is 2.64. The van der Waals surface area contributed by atoms with Crippen molar-refractivity contribution in [1.29, 1.82) is 0 Å². The number of halogens is 2. The molecule has 0 aliphatic carbocycles. The first kappa shape index (κ1) is 13.2. The number of anilines is 1. The predicted molar refractivity (Wildman–Crippen MR) is 74.5 cm³/mol. The van der Waals surface area contributed by atoms with E-state index in [0.29, 0.717) is 21.6 Å². The molecule has 0 amide bonds. The summed E-state index contributed by atoms with van der Waals surface area (Å²) < 4.78 is 1.64. The molecule has 0 bridgehead atoms. The molecule has 0 saturated heterocycles. The smallest absolute Gasteiger partial charge is 0.170 e. The van der Waals surface area contributed by atoms with Crippen LogP contribution in [0.25, 0.3) is 5.69 Å². The summed E-state index contributed by atoms with van der Waals surface area (Å²) >= 11 is 12.2. The highest BCUT2D eigenvalue weighted by Crippen LogP contribution is 2.33. The molecule has 0 fully saturated rings. The molecule has 1 aromatic carbocycles. The van der Waals surface area contributed by atoms with Crippen LogP contribution in [0.1, 0.15) is 26.5 Å². The maximum atomic E-state index is 6.20. The van der Waals surface area contributed by atoms with Crippen LogP contribution in [0.15, 0.2) is 18.2 Å². The van der Waals surface area contributed by atoms with Gasteiger partial charge in [0, 0.05) is 5.41 Å². The second kappa shape index (κ2) is 4.44. The van der Waals surface area contributed by atoms with Crippen LogP contribution >= 0.6 is 23.2 Å². The molecule has 4 nitrogen and oxygen atoms in total. The molecular formula is C12H14Cl2N4. The Morgan fingerprint density at radius 2 is 1.89 bits per heavy atom. The number of rotatable bonds is 1. The lowest BCUT2D eigenvalue weighted by molar-refractivity contribution is 0.544. The maximum absolute atomic E-state index is 6.20. The van der Waals surface area contributed by atoms with E-state index < -0.39 is 0 Å². The van der Waals surface area contributed by atoms with Gasteiger partial charge in [-0.15, -0.1) is 5.10 Å². The predicted octanol–water partition coefficient (Wildman–Crippen LogP) is 3.45. The van der Waals surface area contributed by atoms with Crippen LogP contribution in [0.3, 0.4) is 0 Å². The van der Waals surface area contributed by atoms with Crippen molar-refractivity contribution in [3.63, 3.8) is 0 Å². The van der Waals surface area contributed by atoms with Gasteiger partial charge in [-0.25, -0.2) is 4.68 Å². The highest BCUT2D eigenvalue weighted by Gasteiger charge is 2.25. The Balaban J connectivity index is 2.70. The molecule has 2 rings (SSSR count). The standard InChI is InChI=1S/C12H14Cl2N4/c1-12(2,3)10-11(15)16-17-18(10)8-6-4-5-7(13)9(8)14/h4-6H,15H2,1-3H3. The van der Waals surface area contributed by atoms with Gasteiger partial charge in [-0.1, -0.05) is 55.3 Å². The molecule has 2 aromatic rings. The molecule has 0 saturated carbocycles. The van der Waals surface area contributed by atoms with Crippen molar-refractivity contribution in [1.82, 2.24) is 15.0 Å². The number of nitrogens with two attached hydrogens (primary N) is 1. The fourth-order valence-electron chi connectivity index (χ4n) is 1.82. The van der Waals surface area contributed by atoms with Crippen molar-refractivity contribution in [2.75, 3.05) is 5.73 Å². The number of hydrogen-bond donors (Lipinski definition) is 1. The maximum Gasteiger partial charge on any atom is 0.170 e. The summed E-state index contributed by atoms with van der Waals surface area (Å²) in [5.74, 6) is 0.401. The molecule has 0 aliphatic rings. The zero-order valence-electron chi connectivity index (χ0n) is 10.4. The lowest BCUT2D eigenvalue weighted by Gasteiger charge is -2.20. The number of nitrogen functional groups attached to an aromatic ring is 1. The third kappa shape index (κ3) is 2.18. The molecule has 18 heavy (non-hydrogen) atoms. The van der Waals surface area contributed by atoms with E-state index in [9.17, 15) is 0 Å². The normalized spacial score (nSPS) is 11.8. The first-order valence-electron chi connectivity index (χ1n) is 5.48. The van der Waals surface area contributed by atoms with Crippen LogP contribution < -0.4 is 5.73 Å². The summed E-state index contributed by atoms with van der Waals surface area (Å²) in [4.78, 5) is 0. The largest absolute Gasteiger partial charge is 0.381 e. The fourth-order valence-corrected chi connectivity index (χ4v) is 2.20. The molecule has 0 aliphatic heterocycles. The molecule has 1 aromatic heterocycles. The molecule has 0 atom stereocenters. The average molecular weight is 285 g/mol. The SMILES string of the molecule is CC(C)(C)c1c(N)nnn1-c1cccc(Cl)c1Cl. The van der Waals surface area contributed by atoms with Gasteiger partial charge >= 0.3 is 0 Å². The topological polar surface area (TPSA) is 56.7 Å². The monoisotopic (exact) mass is 284 g/mol. The van der Waals surface area contributed by atoms with Crippen LogP contribution in [0.5, 0.6) is 0 Å². The first-order chi connectivity index (χ1) is 8.32. The van der Waals surface area contributed by atoms with E-state index >= 15 is 0 Å². The van der Waals surface area contributed by atoms with Crippen molar-refractivity contribution in [2.45, 2.75) is 26.2 Å². The molecule has 96 valence electrons. The Kier molecular flexibility index (Phi) is 3.25. The summed E-state index contributed by atoms with van der Waals surface area (Å²) in [7, 11) is 0. The summed E-state index contributed by atoms with van der Waals surface area (Å²) in [6.07, 6.45) is 0. The van der Waals surface area contributed by atoms with Gasteiger partial charge in [-0.05, 0) is 12.1 Å². The third-order valence-electron chi connectivity index (χ3n) is 2.57. The molecule has 1 heterocycles. The minimum Gasteiger partial charge on any atom is -0.381 e. The number of hydrogen-bond acceptors (Lipinski definition) is 3. The molecule has 0 unspecified atom stereocenters. The van der Waals surface area contributed by atoms with E-state index in [1.807, 2.05) is 32.9 Å². The van der Waals surface area contributed by atoms with Crippen LogP contribution in [0.4, 0.5) is 5.82 Å². The fraction of sp³-hybridized carbons (Fsp3) is 0.333. The summed E-state index contributed by atoms with van der Waals surface area (Å²) in [5.41, 5.74) is 7.18. The highest BCUT2D eigenvalue weighted by molar-refractivity contribution is 6.43. The van der Waals surface area contributed by atoms with Gasteiger partial charge in [0.1, 0.15) is 0 Å². The van der Waals surface area contributed by atoms with Gasteiger partial charge in [0.25, 0.3) is 0 Å². The second-order valence-electron chi connectivity index (χ2n) is 5.06. The van der Waals surface area contributed by atoms with Crippen molar-refractivity contribution < 1.29 is 0 Å². The van der Waals surface area contributed by atoms with E-state index in [-0.39, 0.29) is 5.41 Å². The van der Waals surface area contributed by atoms with Gasteiger partial charge in [0.15, 0.2) is 5.82 Å². The van der Waals surface area contributed by atoms with E-state index in [0.717, 1.165) is 5.69 Å². The van der Waals surface area contributed by atoms with Crippen LogP contribution in [-0.2, 0) is 5.41 Å². The first-order valence-corrected chi connectivity index (χ1v) is 6.24. The molecule has 0 radical (unpaired) electrons. The van der Waals surface area contributed by atoms with Crippen LogP contribution in [-0.4, -0.2) is 15.0 Å².